The number of nitrogens with zero attached hydrogens (tertiary/aromatic N) is 1. The molecule has 3 aliphatic heterocycles. The number of benzene rings is 1. The van der Waals surface area contributed by atoms with E-state index in [1.54, 1.807) is 6.08 Å². The maximum Gasteiger partial charge on any atom is 0.407 e. The third kappa shape index (κ3) is 3.09. The molecule has 3 aliphatic rings. The Morgan fingerprint density at radius 3 is 2.71 bits per heavy atom. The van der Waals surface area contributed by atoms with Gasteiger partial charge >= 0.3 is 6.09 Å². The predicted octanol–water partition coefficient (Wildman–Crippen LogP) is 1.88. The normalized spacial score (nSPS) is 30.2. The van der Waals surface area contributed by atoms with E-state index in [0.29, 0.717) is 6.61 Å². The molecule has 3 amide bonds. The number of ether oxygens (including phenoxy) is 2. The summed E-state index contributed by atoms with van der Waals surface area (Å²) in [6, 6.07) is 9.43. The third-order valence-corrected chi connectivity index (χ3v) is 5.49. The number of nitrogens with one attached hydrogen (secondary N) is 1. The average Bonchev–Trinajstić information content (AvgIpc) is 3.32. The van der Waals surface area contributed by atoms with Gasteiger partial charge < -0.3 is 14.8 Å². The van der Waals surface area contributed by atoms with Gasteiger partial charge in [-0.25, -0.2) is 4.79 Å². The van der Waals surface area contributed by atoms with Crippen LogP contribution in [0.1, 0.15) is 19.4 Å². The number of imide groups is 1. The Labute approximate surface area is 163 Å². The molecule has 2 saturated heterocycles. The highest BCUT2D eigenvalue weighted by Gasteiger charge is 2.67. The Bertz CT molecular complexity index is 821. The first-order valence-corrected chi connectivity index (χ1v) is 9.58. The number of fused-ring (bicyclic) bond motifs is 5. The highest BCUT2D eigenvalue weighted by Crippen LogP contribution is 2.51. The molecule has 0 spiro atoms. The van der Waals surface area contributed by atoms with Gasteiger partial charge in [-0.1, -0.05) is 56.3 Å². The second-order valence-electron chi connectivity index (χ2n) is 7.99. The first-order chi connectivity index (χ1) is 13.4. The van der Waals surface area contributed by atoms with Crippen molar-refractivity contribution in [3.05, 3.63) is 48.0 Å². The van der Waals surface area contributed by atoms with Crippen LogP contribution in [-0.2, 0) is 25.6 Å². The van der Waals surface area contributed by atoms with Crippen molar-refractivity contribution in [2.75, 3.05) is 13.2 Å². The summed E-state index contributed by atoms with van der Waals surface area (Å²) >= 11 is 0. The smallest absolute Gasteiger partial charge is 0.407 e. The van der Waals surface area contributed by atoms with Crippen molar-refractivity contribution in [1.29, 1.82) is 0 Å². The predicted molar refractivity (Wildman–Crippen MR) is 99.9 cm³/mol. The molecular weight excluding hydrogens is 360 g/mol. The van der Waals surface area contributed by atoms with Crippen molar-refractivity contribution in [3.8, 4) is 0 Å². The van der Waals surface area contributed by atoms with E-state index in [2.05, 4.69) is 5.32 Å². The standard InChI is InChI=1S/C21H24N2O5/c1-13(2)11-27-20(26)22-12-21-9-8-15(28-21)16-17(21)19(25)23(18(16)24)10-14-6-4-3-5-7-14/h3-9,13,15-17H,10-12H2,1-2H3,(H,22,26). The first-order valence-electron chi connectivity index (χ1n) is 9.58. The molecule has 2 bridgehead atoms. The second kappa shape index (κ2) is 7.05. The molecule has 148 valence electrons. The molecule has 0 aliphatic carbocycles. The summed E-state index contributed by atoms with van der Waals surface area (Å²) in [5.41, 5.74) is -0.0977. The van der Waals surface area contributed by atoms with Gasteiger partial charge in [-0.05, 0) is 11.5 Å². The van der Waals surface area contributed by atoms with Crippen LogP contribution in [0, 0.1) is 17.8 Å². The summed E-state index contributed by atoms with van der Waals surface area (Å²) in [5, 5.41) is 2.69. The lowest BCUT2D eigenvalue weighted by molar-refractivity contribution is -0.144. The van der Waals surface area contributed by atoms with E-state index in [4.69, 9.17) is 9.47 Å². The van der Waals surface area contributed by atoms with Gasteiger partial charge in [0.1, 0.15) is 5.60 Å². The fraction of sp³-hybridized carbons (Fsp3) is 0.476. The Kier molecular flexibility index (Phi) is 4.71. The van der Waals surface area contributed by atoms with E-state index in [-0.39, 0.29) is 30.8 Å². The minimum Gasteiger partial charge on any atom is -0.449 e. The number of carbonyl (C=O) groups excluding carboxylic acids is 3. The number of amides is 3. The molecule has 7 heteroatoms. The quantitative estimate of drug-likeness (QED) is 0.598. The van der Waals surface area contributed by atoms with Gasteiger partial charge in [0.2, 0.25) is 11.8 Å². The van der Waals surface area contributed by atoms with Gasteiger partial charge in [-0.2, -0.15) is 0 Å². The molecule has 2 fully saturated rings. The van der Waals surface area contributed by atoms with Gasteiger partial charge in [0.05, 0.1) is 37.6 Å². The molecule has 0 aromatic heterocycles. The highest BCUT2D eigenvalue weighted by molar-refractivity contribution is 6.07. The summed E-state index contributed by atoms with van der Waals surface area (Å²) in [6.07, 6.45) is 2.64. The molecule has 28 heavy (non-hydrogen) atoms. The zero-order valence-corrected chi connectivity index (χ0v) is 16.0. The Hall–Kier alpha value is -2.67. The fourth-order valence-corrected chi connectivity index (χ4v) is 4.19. The van der Waals surface area contributed by atoms with E-state index in [1.165, 1.54) is 4.90 Å². The zero-order chi connectivity index (χ0) is 19.9. The van der Waals surface area contributed by atoms with Crippen LogP contribution in [0.25, 0.3) is 0 Å². The summed E-state index contributed by atoms with van der Waals surface area (Å²) in [6.45, 7) is 4.55. The molecular formula is C21H24N2O5. The van der Waals surface area contributed by atoms with E-state index in [0.717, 1.165) is 5.56 Å². The lowest BCUT2D eigenvalue weighted by Gasteiger charge is -2.29. The van der Waals surface area contributed by atoms with Crippen LogP contribution in [0.15, 0.2) is 42.5 Å². The summed E-state index contributed by atoms with van der Waals surface area (Å²) < 4.78 is 11.1. The van der Waals surface area contributed by atoms with E-state index >= 15 is 0 Å². The summed E-state index contributed by atoms with van der Waals surface area (Å²) in [7, 11) is 0. The van der Waals surface area contributed by atoms with Crippen molar-refractivity contribution in [1.82, 2.24) is 10.2 Å². The van der Waals surface area contributed by atoms with Crippen molar-refractivity contribution in [2.45, 2.75) is 32.1 Å². The minimum atomic E-state index is -0.996. The Balaban J connectivity index is 1.48. The van der Waals surface area contributed by atoms with Crippen LogP contribution in [-0.4, -0.2) is 47.7 Å². The monoisotopic (exact) mass is 384 g/mol. The maximum absolute atomic E-state index is 13.1. The minimum absolute atomic E-state index is 0.0935. The number of carbonyl (C=O) groups is 3. The van der Waals surface area contributed by atoms with Crippen LogP contribution in [0.4, 0.5) is 4.79 Å². The Morgan fingerprint density at radius 1 is 1.25 bits per heavy atom. The number of alkyl carbamates (subject to hydrolysis) is 1. The van der Waals surface area contributed by atoms with E-state index < -0.39 is 29.6 Å². The molecule has 1 aromatic carbocycles. The lowest BCUT2D eigenvalue weighted by Crippen LogP contribution is -2.48. The van der Waals surface area contributed by atoms with E-state index in [1.807, 2.05) is 50.3 Å². The first kappa shape index (κ1) is 18.7. The summed E-state index contributed by atoms with van der Waals surface area (Å²) in [5.74, 6) is -1.38. The van der Waals surface area contributed by atoms with Crippen molar-refractivity contribution in [3.63, 3.8) is 0 Å². The van der Waals surface area contributed by atoms with Crippen molar-refractivity contribution in [2.24, 2.45) is 17.8 Å². The molecule has 0 radical (unpaired) electrons. The molecule has 4 rings (SSSR count). The molecule has 3 heterocycles. The van der Waals surface area contributed by atoms with Crippen LogP contribution in [0.5, 0.6) is 0 Å². The largest absolute Gasteiger partial charge is 0.449 e. The highest BCUT2D eigenvalue weighted by atomic mass is 16.6. The molecule has 4 atom stereocenters. The number of rotatable bonds is 6. The van der Waals surface area contributed by atoms with Gasteiger partial charge in [-0.3, -0.25) is 14.5 Å². The number of hydrogen-bond donors (Lipinski definition) is 1. The van der Waals surface area contributed by atoms with Crippen LogP contribution in [0.2, 0.25) is 0 Å². The summed E-state index contributed by atoms with van der Waals surface area (Å²) in [4.78, 5) is 39.3. The van der Waals surface area contributed by atoms with Crippen LogP contribution >= 0.6 is 0 Å². The van der Waals surface area contributed by atoms with Gasteiger partial charge in [0, 0.05) is 0 Å². The molecule has 4 unspecified atom stereocenters. The molecule has 1 N–H and O–H groups in total. The number of likely N-dealkylation sites (tertiary alicyclic amines) is 1. The zero-order valence-electron chi connectivity index (χ0n) is 16.0. The topological polar surface area (TPSA) is 84.9 Å². The maximum atomic E-state index is 13.1. The SMILES string of the molecule is CC(C)COC(=O)NCC12C=CC(O1)C1C(=O)N(Cc3ccccc3)C(=O)C12. The second-order valence-corrected chi connectivity index (χ2v) is 7.99. The van der Waals surface area contributed by atoms with Gasteiger partial charge in [-0.15, -0.1) is 0 Å². The molecule has 0 saturated carbocycles. The molecule has 1 aromatic rings. The van der Waals surface area contributed by atoms with Gasteiger partial charge in [0.25, 0.3) is 0 Å². The van der Waals surface area contributed by atoms with Crippen LogP contribution < -0.4 is 5.32 Å². The van der Waals surface area contributed by atoms with Crippen molar-refractivity contribution >= 4 is 17.9 Å². The molecule has 7 nitrogen and oxygen atoms in total. The number of hydrogen-bond acceptors (Lipinski definition) is 5. The van der Waals surface area contributed by atoms with Gasteiger partial charge in [0.15, 0.2) is 0 Å². The Morgan fingerprint density at radius 2 is 2.00 bits per heavy atom. The van der Waals surface area contributed by atoms with Crippen LogP contribution in [0.3, 0.4) is 0 Å². The van der Waals surface area contributed by atoms with E-state index in [9.17, 15) is 14.4 Å². The average molecular weight is 384 g/mol. The third-order valence-electron chi connectivity index (χ3n) is 5.49. The van der Waals surface area contributed by atoms with Crippen molar-refractivity contribution < 1.29 is 23.9 Å². The fourth-order valence-electron chi connectivity index (χ4n) is 4.19. The lowest BCUT2D eigenvalue weighted by atomic mass is 9.77.